The van der Waals surface area contributed by atoms with Crippen LogP contribution < -0.4 is 5.32 Å². The van der Waals surface area contributed by atoms with Gasteiger partial charge in [0.05, 0.1) is 25.9 Å². The number of anilines is 1. The Labute approximate surface area is 154 Å². The molecular formula is C17H17ClN4O2S. The standard InChI is InChI=1S/C17H17ClN4O2S/c1-11(20-17-21-15(18)14(25-17)16(23)24-2)13-8-19-22(10-13)9-12-6-4-3-5-7-12/h3-8,10-11H,9H2,1-2H3,(H,20,21). The van der Waals surface area contributed by atoms with Crippen LogP contribution in [-0.2, 0) is 11.3 Å². The van der Waals surface area contributed by atoms with E-state index in [-0.39, 0.29) is 11.2 Å². The second-order valence-corrected chi connectivity index (χ2v) is 6.81. The van der Waals surface area contributed by atoms with E-state index in [1.54, 1.807) is 0 Å². The maximum atomic E-state index is 11.6. The smallest absolute Gasteiger partial charge is 0.351 e. The summed E-state index contributed by atoms with van der Waals surface area (Å²) in [5, 5.41) is 8.34. The lowest BCUT2D eigenvalue weighted by atomic mass is 10.2. The van der Waals surface area contributed by atoms with Crippen LogP contribution in [0.4, 0.5) is 5.13 Å². The molecular weight excluding hydrogens is 360 g/mol. The van der Waals surface area contributed by atoms with Crippen LogP contribution in [0.2, 0.25) is 5.15 Å². The van der Waals surface area contributed by atoms with E-state index in [0.29, 0.717) is 16.6 Å². The van der Waals surface area contributed by atoms with Gasteiger partial charge in [-0.05, 0) is 12.5 Å². The van der Waals surface area contributed by atoms with Gasteiger partial charge >= 0.3 is 5.97 Å². The number of thiazole rings is 1. The predicted octanol–water partition coefficient (Wildman–Crippen LogP) is 4.00. The first kappa shape index (κ1) is 17.4. The Bertz CT molecular complexity index is 863. The first-order valence-corrected chi connectivity index (χ1v) is 8.83. The van der Waals surface area contributed by atoms with E-state index in [0.717, 1.165) is 5.56 Å². The molecule has 0 fully saturated rings. The number of hydrogen-bond donors (Lipinski definition) is 1. The van der Waals surface area contributed by atoms with Gasteiger partial charge in [0.1, 0.15) is 0 Å². The van der Waals surface area contributed by atoms with Gasteiger partial charge < -0.3 is 10.1 Å². The van der Waals surface area contributed by atoms with Crippen LogP contribution in [0.1, 0.15) is 33.8 Å². The maximum Gasteiger partial charge on any atom is 0.351 e. The van der Waals surface area contributed by atoms with Crippen molar-refractivity contribution >= 4 is 34.0 Å². The molecule has 3 rings (SSSR count). The van der Waals surface area contributed by atoms with Gasteiger partial charge in [-0.15, -0.1) is 0 Å². The summed E-state index contributed by atoms with van der Waals surface area (Å²) in [5.41, 5.74) is 2.20. The molecule has 2 heterocycles. The van der Waals surface area contributed by atoms with Gasteiger partial charge in [-0.3, -0.25) is 4.68 Å². The molecule has 0 bridgehead atoms. The predicted molar refractivity (Wildman–Crippen MR) is 98.3 cm³/mol. The SMILES string of the molecule is COC(=O)c1sc(NC(C)c2cnn(Cc3ccccc3)c2)nc1Cl. The number of halogens is 1. The molecule has 0 spiro atoms. The number of ether oxygens (including phenoxy) is 1. The molecule has 130 valence electrons. The van der Waals surface area contributed by atoms with Crippen molar-refractivity contribution < 1.29 is 9.53 Å². The fourth-order valence-corrected chi connectivity index (χ4v) is 3.50. The molecule has 6 nitrogen and oxygen atoms in total. The molecule has 1 atom stereocenters. The lowest BCUT2D eigenvalue weighted by Gasteiger charge is -2.10. The minimum atomic E-state index is -0.487. The Morgan fingerprint density at radius 1 is 1.40 bits per heavy atom. The molecule has 1 aromatic carbocycles. The summed E-state index contributed by atoms with van der Waals surface area (Å²) in [5.74, 6) is -0.487. The quantitative estimate of drug-likeness (QED) is 0.658. The number of nitrogens with one attached hydrogen (secondary N) is 1. The monoisotopic (exact) mass is 376 g/mol. The van der Waals surface area contributed by atoms with Gasteiger partial charge in [-0.2, -0.15) is 5.10 Å². The molecule has 0 radical (unpaired) electrons. The van der Waals surface area contributed by atoms with Gasteiger partial charge in [0.25, 0.3) is 0 Å². The molecule has 25 heavy (non-hydrogen) atoms. The van der Waals surface area contributed by atoms with E-state index >= 15 is 0 Å². The summed E-state index contributed by atoms with van der Waals surface area (Å²) >= 11 is 7.15. The molecule has 3 aromatic rings. The second-order valence-electron chi connectivity index (χ2n) is 5.45. The molecule has 0 aliphatic carbocycles. The first-order chi connectivity index (χ1) is 12.1. The average molecular weight is 377 g/mol. The van der Waals surface area contributed by atoms with Crippen molar-refractivity contribution in [2.75, 3.05) is 12.4 Å². The molecule has 0 saturated heterocycles. The van der Waals surface area contributed by atoms with Gasteiger partial charge in [0.15, 0.2) is 15.2 Å². The van der Waals surface area contributed by atoms with E-state index < -0.39 is 5.97 Å². The Morgan fingerprint density at radius 3 is 2.88 bits per heavy atom. The van der Waals surface area contributed by atoms with Gasteiger partial charge in [-0.1, -0.05) is 53.3 Å². The highest BCUT2D eigenvalue weighted by atomic mass is 35.5. The highest BCUT2D eigenvalue weighted by molar-refractivity contribution is 7.18. The number of rotatable bonds is 6. The second kappa shape index (κ2) is 7.67. The van der Waals surface area contributed by atoms with Crippen molar-refractivity contribution in [1.82, 2.24) is 14.8 Å². The van der Waals surface area contributed by atoms with Gasteiger partial charge in [0.2, 0.25) is 0 Å². The van der Waals surface area contributed by atoms with Crippen LogP contribution in [0.15, 0.2) is 42.7 Å². The number of carbonyl (C=O) groups is 1. The van der Waals surface area contributed by atoms with E-state index in [2.05, 4.69) is 32.3 Å². The van der Waals surface area contributed by atoms with Crippen molar-refractivity contribution in [3.8, 4) is 0 Å². The molecule has 1 unspecified atom stereocenters. The minimum Gasteiger partial charge on any atom is -0.465 e. The van der Waals surface area contributed by atoms with E-state index in [1.807, 2.05) is 42.2 Å². The Kier molecular flexibility index (Phi) is 5.35. The van der Waals surface area contributed by atoms with E-state index in [9.17, 15) is 4.79 Å². The van der Waals surface area contributed by atoms with Crippen LogP contribution in [0.3, 0.4) is 0 Å². The zero-order chi connectivity index (χ0) is 17.8. The molecule has 0 aliphatic heterocycles. The third-order valence-electron chi connectivity index (χ3n) is 3.64. The zero-order valence-corrected chi connectivity index (χ0v) is 15.3. The fraction of sp³-hybridized carbons (Fsp3) is 0.235. The van der Waals surface area contributed by atoms with Crippen molar-refractivity contribution in [2.24, 2.45) is 0 Å². The number of esters is 1. The first-order valence-electron chi connectivity index (χ1n) is 7.64. The van der Waals surface area contributed by atoms with Crippen molar-refractivity contribution in [3.05, 3.63) is 63.9 Å². The van der Waals surface area contributed by atoms with Crippen molar-refractivity contribution in [3.63, 3.8) is 0 Å². The summed E-state index contributed by atoms with van der Waals surface area (Å²) < 4.78 is 6.57. The number of aromatic nitrogens is 3. The Morgan fingerprint density at radius 2 is 2.16 bits per heavy atom. The van der Waals surface area contributed by atoms with Crippen molar-refractivity contribution in [2.45, 2.75) is 19.5 Å². The summed E-state index contributed by atoms with van der Waals surface area (Å²) in [6.45, 7) is 2.71. The summed E-state index contributed by atoms with van der Waals surface area (Å²) in [4.78, 5) is 16.1. The number of carbonyl (C=O) groups excluding carboxylic acids is 1. The maximum absolute atomic E-state index is 11.6. The van der Waals surface area contributed by atoms with Crippen LogP contribution in [-0.4, -0.2) is 27.8 Å². The van der Waals surface area contributed by atoms with Crippen LogP contribution in [0, 0.1) is 0 Å². The molecule has 0 saturated carbocycles. The number of methoxy groups -OCH3 is 1. The largest absolute Gasteiger partial charge is 0.465 e. The summed E-state index contributed by atoms with van der Waals surface area (Å²) in [7, 11) is 1.31. The normalized spacial score (nSPS) is 12.0. The molecule has 0 aliphatic rings. The average Bonchev–Trinajstić information content (AvgIpc) is 3.22. The lowest BCUT2D eigenvalue weighted by Crippen LogP contribution is -2.05. The molecule has 8 heteroatoms. The zero-order valence-electron chi connectivity index (χ0n) is 13.8. The molecule has 2 aromatic heterocycles. The molecule has 1 N–H and O–H groups in total. The minimum absolute atomic E-state index is 0.0303. The fourth-order valence-electron chi connectivity index (χ4n) is 2.31. The number of nitrogens with zero attached hydrogens (tertiary/aromatic N) is 3. The van der Waals surface area contributed by atoms with Crippen molar-refractivity contribution in [1.29, 1.82) is 0 Å². The van der Waals surface area contributed by atoms with Crippen LogP contribution in [0.25, 0.3) is 0 Å². The van der Waals surface area contributed by atoms with Gasteiger partial charge in [-0.25, -0.2) is 9.78 Å². The number of hydrogen-bond acceptors (Lipinski definition) is 6. The van der Waals surface area contributed by atoms with E-state index in [4.69, 9.17) is 11.6 Å². The summed E-state index contributed by atoms with van der Waals surface area (Å²) in [6, 6.07) is 10.1. The van der Waals surface area contributed by atoms with Gasteiger partial charge in [0, 0.05) is 11.8 Å². The van der Waals surface area contributed by atoms with E-state index in [1.165, 1.54) is 24.0 Å². The highest BCUT2D eigenvalue weighted by Gasteiger charge is 2.19. The third kappa shape index (κ3) is 4.18. The topological polar surface area (TPSA) is 69.0 Å². The Balaban J connectivity index is 1.68. The lowest BCUT2D eigenvalue weighted by molar-refractivity contribution is 0.0606. The third-order valence-corrected chi connectivity index (χ3v) is 4.99. The Hall–Kier alpha value is -2.38. The molecule has 0 amide bonds. The number of benzene rings is 1. The van der Waals surface area contributed by atoms with Crippen LogP contribution in [0.5, 0.6) is 0 Å². The summed E-state index contributed by atoms with van der Waals surface area (Å²) in [6.07, 6.45) is 3.80. The van der Waals surface area contributed by atoms with Crippen LogP contribution >= 0.6 is 22.9 Å². The highest BCUT2D eigenvalue weighted by Crippen LogP contribution is 2.30.